The predicted molar refractivity (Wildman–Crippen MR) is 250 cm³/mol. The molecule has 0 saturated heterocycles. The van der Waals surface area contributed by atoms with Crippen LogP contribution in [0.3, 0.4) is 0 Å². The summed E-state index contributed by atoms with van der Waals surface area (Å²) in [7, 11) is 0. The van der Waals surface area contributed by atoms with Crippen LogP contribution >= 0.6 is 0 Å². The Hall–Kier alpha value is -6.01. The number of hydrogen-bond acceptors (Lipinski definition) is 11. The second-order valence-electron chi connectivity index (χ2n) is 16.1. The SMILES string of the molecule is Cc1ccc2c(c1)nc(N)c1ncc(CCc3ccc(CCc4ccc(C(=O)CCCCOCCOCCOCCCCC(=O)COc5ccc(C=O)c(N)c5)cc4)cc3C)cc12. The number of nitrogens with zero attached hydrogens (tertiary/aromatic N) is 2. The highest BCUT2D eigenvalue weighted by Gasteiger charge is 2.11. The molecular formula is C52H60N4O7. The summed E-state index contributed by atoms with van der Waals surface area (Å²) in [4.78, 5) is 45.0. The number of unbranched alkanes of at least 4 members (excludes halogenated alkanes) is 2. The van der Waals surface area contributed by atoms with Crippen LogP contribution in [-0.4, -0.2) is 74.1 Å². The van der Waals surface area contributed by atoms with Crippen molar-refractivity contribution in [2.24, 2.45) is 0 Å². The van der Waals surface area contributed by atoms with E-state index in [1.165, 1.54) is 27.8 Å². The molecule has 2 aromatic heterocycles. The molecule has 0 unspecified atom stereocenters. The zero-order valence-electron chi connectivity index (χ0n) is 36.7. The van der Waals surface area contributed by atoms with Crippen molar-refractivity contribution >= 4 is 51.2 Å². The first-order valence-corrected chi connectivity index (χ1v) is 22.0. The molecule has 0 radical (unpaired) electrons. The number of ketones is 2. The quantitative estimate of drug-likeness (QED) is 0.0167. The van der Waals surface area contributed by atoms with Gasteiger partial charge in [-0.05, 0) is 123 Å². The highest BCUT2D eigenvalue weighted by molar-refractivity contribution is 6.08. The molecule has 4 N–H and O–H groups in total. The zero-order chi connectivity index (χ0) is 44.4. The summed E-state index contributed by atoms with van der Waals surface area (Å²) in [6.45, 7) is 7.29. The number of anilines is 2. The fourth-order valence-electron chi connectivity index (χ4n) is 7.51. The standard InChI is InChI=1S/C52H60N4O7/c1-36-9-22-46-47-31-40(33-55-51(47)52(54)56-49(46)29-36)15-17-41-16-14-39(30-37(41)2)11-10-38-12-18-42(19-13-38)50(59)8-4-6-24-61-26-28-62-27-25-60-23-5-3-7-44(58)35-63-45-21-20-43(34-57)48(53)32-45/h9,12-14,16,18-22,29-34H,3-8,10-11,15,17,23-28,35,53H2,1-2H3,(H2,54,56). The molecule has 0 spiro atoms. The minimum absolute atomic E-state index is 0.00703. The Bertz CT molecular complexity index is 2470. The van der Waals surface area contributed by atoms with Gasteiger partial charge in [-0.1, -0.05) is 54.6 Å². The molecule has 0 aliphatic carbocycles. The highest BCUT2D eigenvalue weighted by Crippen LogP contribution is 2.28. The first kappa shape index (κ1) is 46.5. The van der Waals surface area contributed by atoms with Gasteiger partial charge in [0.05, 0.1) is 31.9 Å². The van der Waals surface area contributed by atoms with Crippen molar-refractivity contribution in [3.8, 4) is 5.75 Å². The summed E-state index contributed by atoms with van der Waals surface area (Å²) >= 11 is 0. The molecule has 0 atom stereocenters. The lowest BCUT2D eigenvalue weighted by molar-refractivity contribution is -0.121. The van der Waals surface area contributed by atoms with E-state index in [1.54, 1.807) is 18.2 Å². The third kappa shape index (κ3) is 14.3. The number of Topliss-reactive ketones (excluding diaryl/α,β-unsaturated/α-hetero) is 2. The van der Waals surface area contributed by atoms with Gasteiger partial charge in [-0.2, -0.15) is 0 Å². The van der Waals surface area contributed by atoms with E-state index in [4.69, 9.17) is 35.4 Å². The van der Waals surface area contributed by atoms with Crippen molar-refractivity contribution in [3.63, 3.8) is 0 Å². The number of rotatable bonds is 27. The summed E-state index contributed by atoms with van der Waals surface area (Å²) in [5, 5.41) is 2.13. The summed E-state index contributed by atoms with van der Waals surface area (Å²) < 4.78 is 22.3. The topological polar surface area (TPSA) is 166 Å². The van der Waals surface area contributed by atoms with Crippen LogP contribution in [0.5, 0.6) is 5.75 Å². The molecule has 0 aliphatic rings. The van der Waals surface area contributed by atoms with Crippen LogP contribution in [0, 0.1) is 13.8 Å². The number of aldehydes is 1. The molecule has 0 aliphatic heterocycles. The first-order chi connectivity index (χ1) is 30.7. The number of aromatic nitrogens is 2. The molecule has 0 bridgehead atoms. The van der Waals surface area contributed by atoms with Gasteiger partial charge < -0.3 is 30.4 Å². The van der Waals surface area contributed by atoms with Crippen molar-refractivity contribution in [2.75, 3.05) is 57.7 Å². The second-order valence-corrected chi connectivity index (χ2v) is 16.1. The average molecular weight is 853 g/mol. The van der Waals surface area contributed by atoms with Crippen molar-refractivity contribution < 1.29 is 33.3 Å². The van der Waals surface area contributed by atoms with Gasteiger partial charge in [-0.25, -0.2) is 4.98 Å². The van der Waals surface area contributed by atoms with Gasteiger partial charge in [-0.15, -0.1) is 0 Å². The van der Waals surface area contributed by atoms with Crippen LogP contribution in [0.4, 0.5) is 11.5 Å². The number of fused-ring (bicyclic) bond motifs is 3. The van der Waals surface area contributed by atoms with Gasteiger partial charge in [-0.3, -0.25) is 19.4 Å². The second kappa shape index (κ2) is 24.0. The number of carbonyl (C=O) groups excluding carboxylic acids is 3. The lowest BCUT2D eigenvalue weighted by atomic mass is 9.96. The van der Waals surface area contributed by atoms with Crippen LogP contribution in [0.1, 0.15) is 92.6 Å². The number of aryl methyl sites for hydroxylation is 6. The van der Waals surface area contributed by atoms with Crippen molar-refractivity contribution in [2.45, 2.75) is 78.1 Å². The van der Waals surface area contributed by atoms with Gasteiger partial charge in [0.25, 0.3) is 0 Å². The van der Waals surface area contributed by atoms with Crippen LogP contribution in [0.15, 0.2) is 91.1 Å². The number of nitrogen functional groups attached to an aromatic ring is 2. The van der Waals surface area contributed by atoms with E-state index in [9.17, 15) is 14.4 Å². The minimum Gasteiger partial charge on any atom is -0.486 e. The monoisotopic (exact) mass is 852 g/mol. The van der Waals surface area contributed by atoms with E-state index < -0.39 is 0 Å². The van der Waals surface area contributed by atoms with Gasteiger partial charge in [0, 0.05) is 65.9 Å². The molecule has 11 heteroatoms. The lowest BCUT2D eigenvalue weighted by Gasteiger charge is -2.11. The van der Waals surface area contributed by atoms with Crippen molar-refractivity contribution in [1.29, 1.82) is 0 Å². The van der Waals surface area contributed by atoms with E-state index in [2.05, 4.69) is 73.4 Å². The Kier molecular flexibility index (Phi) is 17.7. The van der Waals surface area contributed by atoms with Crippen molar-refractivity contribution in [1.82, 2.24) is 9.97 Å². The third-order valence-corrected chi connectivity index (χ3v) is 11.2. The Morgan fingerprint density at radius 1 is 0.651 bits per heavy atom. The number of hydrogen-bond donors (Lipinski definition) is 2. The number of benzene rings is 4. The first-order valence-electron chi connectivity index (χ1n) is 22.0. The summed E-state index contributed by atoms with van der Waals surface area (Å²) in [5.74, 6) is 1.08. The summed E-state index contributed by atoms with van der Waals surface area (Å²) in [6.07, 6.45) is 10.2. The van der Waals surface area contributed by atoms with E-state index >= 15 is 0 Å². The molecule has 63 heavy (non-hydrogen) atoms. The van der Waals surface area contributed by atoms with Crippen molar-refractivity contribution in [3.05, 3.63) is 136 Å². The Labute approximate surface area is 370 Å². The van der Waals surface area contributed by atoms with Crippen LogP contribution in [0.25, 0.3) is 21.8 Å². The maximum atomic E-state index is 12.8. The van der Waals surface area contributed by atoms with Crippen LogP contribution in [-0.2, 0) is 44.7 Å². The molecule has 0 amide bonds. The number of carbonyl (C=O) groups is 3. The Morgan fingerprint density at radius 3 is 2.05 bits per heavy atom. The van der Waals surface area contributed by atoms with Gasteiger partial charge in [0.1, 0.15) is 17.9 Å². The highest BCUT2D eigenvalue weighted by atomic mass is 16.5. The van der Waals surface area contributed by atoms with E-state index in [1.807, 2.05) is 18.3 Å². The fraction of sp³-hybridized carbons (Fsp3) is 0.365. The average Bonchev–Trinajstić information content (AvgIpc) is 3.28. The summed E-state index contributed by atoms with van der Waals surface area (Å²) in [6, 6.07) is 28.1. The third-order valence-electron chi connectivity index (χ3n) is 11.2. The molecule has 330 valence electrons. The zero-order valence-corrected chi connectivity index (χ0v) is 36.7. The molecule has 6 aromatic rings. The smallest absolute Gasteiger partial charge is 0.170 e. The normalized spacial score (nSPS) is 11.3. The maximum absolute atomic E-state index is 12.8. The predicted octanol–water partition coefficient (Wildman–Crippen LogP) is 9.17. The van der Waals surface area contributed by atoms with E-state index in [-0.39, 0.29) is 18.2 Å². The van der Waals surface area contributed by atoms with Crippen LogP contribution in [0.2, 0.25) is 0 Å². The molecule has 4 aromatic carbocycles. The molecule has 2 heterocycles. The van der Waals surface area contributed by atoms with Crippen LogP contribution < -0.4 is 16.2 Å². The fourth-order valence-corrected chi connectivity index (χ4v) is 7.51. The Balaban J connectivity index is 0.772. The molecule has 6 rings (SSSR count). The van der Waals surface area contributed by atoms with E-state index in [0.717, 1.165) is 77.9 Å². The molecule has 0 fully saturated rings. The molecule has 11 nitrogen and oxygen atoms in total. The Morgan fingerprint density at radius 2 is 1.33 bits per heavy atom. The van der Waals surface area contributed by atoms with E-state index in [0.29, 0.717) is 88.0 Å². The molecule has 0 saturated carbocycles. The maximum Gasteiger partial charge on any atom is 0.170 e. The minimum atomic E-state index is -0.0361. The largest absolute Gasteiger partial charge is 0.486 e. The number of ether oxygens (including phenoxy) is 4. The van der Waals surface area contributed by atoms with Gasteiger partial charge >= 0.3 is 0 Å². The van der Waals surface area contributed by atoms with Gasteiger partial charge in [0.2, 0.25) is 0 Å². The lowest BCUT2D eigenvalue weighted by Crippen LogP contribution is -2.12. The van der Waals surface area contributed by atoms with Gasteiger partial charge in [0.15, 0.2) is 23.7 Å². The number of pyridine rings is 2. The number of nitrogens with two attached hydrogens (primary N) is 2. The molecular weight excluding hydrogens is 793 g/mol. The summed E-state index contributed by atoms with van der Waals surface area (Å²) in [5.41, 5.74) is 22.7.